The summed E-state index contributed by atoms with van der Waals surface area (Å²) in [5.41, 5.74) is 2.08. The quantitative estimate of drug-likeness (QED) is 0.234. The van der Waals surface area contributed by atoms with E-state index in [4.69, 9.17) is 15.6 Å². The van der Waals surface area contributed by atoms with E-state index >= 15 is 0 Å². The Morgan fingerprint density at radius 1 is 1.19 bits per heavy atom. The zero-order valence-electron chi connectivity index (χ0n) is 11.7. The molecule has 0 aliphatic carbocycles. The number of aliphatic hydroxyl groups is 1. The molecule has 0 radical (unpaired) electrons. The third-order valence-electron chi connectivity index (χ3n) is 2.35. The van der Waals surface area contributed by atoms with Crippen LogP contribution < -0.4 is 17.0 Å². The van der Waals surface area contributed by atoms with Gasteiger partial charge in [-0.05, 0) is 17.5 Å². The van der Waals surface area contributed by atoms with Crippen LogP contribution in [0.2, 0.25) is 0 Å². The minimum atomic E-state index is 0.0989. The molecule has 2 aromatic rings. The van der Waals surface area contributed by atoms with Crippen LogP contribution in [0, 0.1) is 22.7 Å². The van der Waals surface area contributed by atoms with Crippen LogP contribution in [0.25, 0.3) is 10.9 Å². The number of para-hydroxylation sites is 1. The summed E-state index contributed by atoms with van der Waals surface area (Å²) in [6.07, 6.45) is 0.453. The third kappa shape index (κ3) is 7.67. The van der Waals surface area contributed by atoms with E-state index in [9.17, 15) is 0 Å². The lowest BCUT2D eigenvalue weighted by atomic mass is 10.2. The second-order valence-electron chi connectivity index (χ2n) is 3.78. The average molecular weight is 288 g/mol. The summed E-state index contributed by atoms with van der Waals surface area (Å²) in [6.45, 7) is 0.926. The zero-order valence-corrected chi connectivity index (χ0v) is 11.7. The first-order valence-corrected chi connectivity index (χ1v) is 6.27. The van der Waals surface area contributed by atoms with Gasteiger partial charge in [-0.15, -0.1) is 0 Å². The molecular formula is C14H20N6O. The van der Waals surface area contributed by atoms with Crippen LogP contribution in [0.5, 0.6) is 0 Å². The summed E-state index contributed by atoms with van der Waals surface area (Å²) in [5, 5.41) is 28.3. The second kappa shape index (κ2) is 12.6. The Bertz CT molecular complexity index is 548. The number of nitrogens with zero attached hydrogens (tertiary/aromatic N) is 2. The van der Waals surface area contributed by atoms with Crippen LogP contribution in [0.15, 0.2) is 30.3 Å². The van der Waals surface area contributed by atoms with Crippen molar-refractivity contribution >= 4 is 10.9 Å². The molecule has 0 bridgehead atoms. The fourth-order valence-electron chi connectivity index (χ4n) is 1.54. The van der Waals surface area contributed by atoms with Gasteiger partial charge in [0.1, 0.15) is 0 Å². The molecule has 0 saturated carbocycles. The van der Waals surface area contributed by atoms with E-state index in [-0.39, 0.29) is 6.61 Å². The minimum absolute atomic E-state index is 0.0989. The first-order valence-electron chi connectivity index (χ1n) is 6.27. The molecule has 7 nitrogen and oxygen atoms in total. The molecule has 0 fully saturated rings. The van der Waals surface area contributed by atoms with Crippen molar-refractivity contribution in [2.24, 2.45) is 11.7 Å². The van der Waals surface area contributed by atoms with E-state index in [1.807, 2.05) is 36.4 Å². The average Bonchev–Trinajstić information content (AvgIpc) is 2.93. The van der Waals surface area contributed by atoms with Gasteiger partial charge in [0.25, 0.3) is 0 Å². The zero-order chi connectivity index (χ0) is 15.9. The topological polar surface area (TPSA) is 148 Å². The predicted octanol–water partition coefficient (Wildman–Crippen LogP) is 0.145. The highest BCUT2D eigenvalue weighted by Crippen LogP contribution is 2.14. The monoisotopic (exact) mass is 288 g/mol. The number of H-pyrrole nitrogens is 1. The van der Waals surface area contributed by atoms with Crippen molar-refractivity contribution in [2.45, 2.75) is 6.42 Å². The fourth-order valence-corrected chi connectivity index (χ4v) is 1.54. The number of nitrogens with two attached hydrogens (primary N) is 2. The van der Waals surface area contributed by atoms with Crippen molar-refractivity contribution in [1.82, 2.24) is 10.3 Å². The van der Waals surface area contributed by atoms with Crippen molar-refractivity contribution in [3.05, 3.63) is 36.0 Å². The molecular weight excluding hydrogens is 268 g/mol. The molecule has 21 heavy (non-hydrogen) atoms. The molecule has 0 saturated heterocycles. The molecule has 0 aliphatic rings. The number of hydrazine groups is 1. The van der Waals surface area contributed by atoms with E-state index < -0.39 is 0 Å². The summed E-state index contributed by atoms with van der Waals surface area (Å²) in [7, 11) is 0. The van der Waals surface area contributed by atoms with Crippen LogP contribution in [-0.4, -0.2) is 29.8 Å². The van der Waals surface area contributed by atoms with Gasteiger partial charge < -0.3 is 15.4 Å². The van der Waals surface area contributed by atoms with Crippen LogP contribution in [0.3, 0.4) is 0 Å². The highest BCUT2D eigenvalue weighted by Gasteiger charge is 1.97. The highest BCUT2D eigenvalue weighted by molar-refractivity contribution is 5.80. The normalized spacial score (nSPS) is 8.62. The fraction of sp³-hybridized carbons (Fsp3) is 0.286. The Morgan fingerprint density at radius 3 is 2.48 bits per heavy atom. The van der Waals surface area contributed by atoms with E-state index in [1.165, 1.54) is 5.39 Å². The molecule has 7 heteroatoms. The number of fused-ring (bicyclic) bond motifs is 1. The van der Waals surface area contributed by atoms with Crippen LogP contribution in [0.1, 0.15) is 5.69 Å². The number of rotatable bonds is 4. The SMILES string of the molecule is N#CCNCCO.N#CCc1cc2ccccc2[nH]1.NN. The third-order valence-corrected chi connectivity index (χ3v) is 2.35. The number of aromatic amines is 1. The van der Waals surface area contributed by atoms with Gasteiger partial charge in [-0.3, -0.25) is 11.7 Å². The maximum absolute atomic E-state index is 8.47. The van der Waals surface area contributed by atoms with E-state index in [0.717, 1.165) is 11.2 Å². The van der Waals surface area contributed by atoms with Gasteiger partial charge in [0.2, 0.25) is 0 Å². The smallest absolute Gasteiger partial charge is 0.0841 e. The van der Waals surface area contributed by atoms with Gasteiger partial charge in [-0.25, -0.2) is 0 Å². The molecule has 0 spiro atoms. The molecule has 0 atom stereocenters. The van der Waals surface area contributed by atoms with Gasteiger partial charge in [0.15, 0.2) is 0 Å². The molecule has 1 aromatic carbocycles. The standard InChI is InChI=1S/C10H8N2.C4H8N2O.H4N2/c11-6-5-9-7-8-3-1-2-4-10(8)12-9;5-1-2-6-3-4-7;1-2/h1-4,7,12H,5H2;6-7H,2-4H2;1-2H2. The molecule has 7 N–H and O–H groups in total. The first-order chi connectivity index (χ1) is 10.3. The largest absolute Gasteiger partial charge is 0.395 e. The van der Waals surface area contributed by atoms with Crippen molar-refractivity contribution in [1.29, 1.82) is 10.5 Å². The molecule has 1 aromatic heterocycles. The number of aromatic nitrogens is 1. The molecule has 2 rings (SSSR count). The van der Waals surface area contributed by atoms with Gasteiger partial charge in [0, 0.05) is 17.8 Å². The van der Waals surface area contributed by atoms with Crippen molar-refractivity contribution < 1.29 is 5.11 Å². The number of aliphatic hydroxyl groups excluding tert-OH is 1. The molecule has 0 amide bonds. The molecule has 0 unspecified atom stereocenters. The summed E-state index contributed by atoms with van der Waals surface area (Å²) >= 11 is 0. The minimum Gasteiger partial charge on any atom is -0.395 e. The van der Waals surface area contributed by atoms with Gasteiger partial charge in [-0.2, -0.15) is 10.5 Å². The molecule has 112 valence electrons. The number of benzene rings is 1. The maximum atomic E-state index is 8.47. The van der Waals surface area contributed by atoms with E-state index in [0.29, 0.717) is 19.5 Å². The van der Waals surface area contributed by atoms with Crippen molar-refractivity contribution in [2.75, 3.05) is 19.7 Å². The Morgan fingerprint density at radius 2 is 1.90 bits per heavy atom. The summed E-state index contributed by atoms with van der Waals surface area (Å²) in [6, 6.07) is 14.0. The Kier molecular flexibility index (Phi) is 11.2. The lowest BCUT2D eigenvalue weighted by molar-refractivity contribution is 0.295. The summed E-state index contributed by atoms with van der Waals surface area (Å²) in [4.78, 5) is 3.17. The number of nitriles is 2. The van der Waals surface area contributed by atoms with Crippen molar-refractivity contribution in [3.63, 3.8) is 0 Å². The molecule has 1 heterocycles. The lowest BCUT2D eigenvalue weighted by Crippen LogP contribution is -2.17. The van der Waals surface area contributed by atoms with Crippen molar-refractivity contribution in [3.8, 4) is 12.1 Å². The van der Waals surface area contributed by atoms with Crippen LogP contribution >= 0.6 is 0 Å². The Labute approximate surface area is 123 Å². The number of hydrogen-bond acceptors (Lipinski definition) is 6. The van der Waals surface area contributed by atoms with Crippen LogP contribution in [0.4, 0.5) is 0 Å². The summed E-state index contributed by atoms with van der Waals surface area (Å²) < 4.78 is 0. The predicted molar refractivity (Wildman–Crippen MR) is 81.6 cm³/mol. The molecule has 0 aliphatic heterocycles. The number of nitrogens with one attached hydrogen (secondary N) is 2. The summed E-state index contributed by atoms with van der Waals surface area (Å²) in [5.74, 6) is 8.00. The Hall–Kier alpha value is -2.42. The van der Waals surface area contributed by atoms with E-state index in [1.54, 1.807) is 0 Å². The second-order valence-corrected chi connectivity index (χ2v) is 3.78. The lowest BCUT2D eigenvalue weighted by Gasteiger charge is -1.89. The van der Waals surface area contributed by atoms with E-state index in [2.05, 4.69) is 28.1 Å². The first kappa shape index (κ1) is 18.6. The van der Waals surface area contributed by atoms with Crippen LogP contribution in [-0.2, 0) is 6.42 Å². The number of hydrogen-bond donors (Lipinski definition) is 5. The van der Waals surface area contributed by atoms with Gasteiger partial charge in [-0.1, -0.05) is 18.2 Å². The highest BCUT2D eigenvalue weighted by atomic mass is 16.3. The van der Waals surface area contributed by atoms with Gasteiger partial charge in [0.05, 0.1) is 31.7 Å². The Balaban J connectivity index is 0.000000385. The maximum Gasteiger partial charge on any atom is 0.0841 e. The van der Waals surface area contributed by atoms with Gasteiger partial charge >= 0.3 is 0 Å².